The van der Waals surface area contributed by atoms with Crippen LogP contribution in [-0.4, -0.2) is 36.6 Å². The van der Waals surface area contributed by atoms with Crippen molar-refractivity contribution in [1.29, 1.82) is 5.26 Å². The average molecular weight is 233 g/mol. The summed E-state index contributed by atoms with van der Waals surface area (Å²) in [7, 11) is 0. The molecule has 1 N–H and O–H groups in total. The lowest BCUT2D eigenvalue weighted by Gasteiger charge is -2.47. The van der Waals surface area contributed by atoms with Crippen LogP contribution in [0.25, 0.3) is 0 Å². The van der Waals surface area contributed by atoms with E-state index in [4.69, 9.17) is 0 Å². The molecule has 0 aromatic rings. The van der Waals surface area contributed by atoms with Gasteiger partial charge < -0.3 is 10.2 Å². The molecular weight excluding hydrogens is 210 g/mol. The van der Waals surface area contributed by atoms with E-state index in [0.717, 1.165) is 12.3 Å². The van der Waals surface area contributed by atoms with Gasteiger partial charge in [-0.05, 0) is 44.7 Å². The van der Waals surface area contributed by atoms with Gasteiger partial charge >= 0.3 is 0 Å². The predicted molar refractivity (Wildman–Crippen MR) is 67.4 cm³/mol. The highest BCUT2D eigenvalue weighted by atomic mass is 15.2. The van der Waals surface area contributed by atoms with Gasteiger partial charge in [0.05, 0.1) is 12.0 Å². The number of rotatable bonds is 2. The maximum atomic E-state index is 9.22. The smallest absolute Gasteiger partial charge is 0.0672 e. The van der Waals surface area contributed by atoms with Crippen LogP contribution in [0.15, 0.2) is 0 Å². The molecular formula is C14H23N3. The van der Waals surface area contributed by atoms with E-state index in [1.165, 1.54) is 51.7 Å². The quantitative estimate of drug-likeness (QED) is 0.790. The van der Waals surface area contributed by atoms with Gasteiger partial charge in [0.15, 0.2) is 0 Å². The molecule has 3 heteroatoms. The number of fused-ring (bicyclic) bond motifs is 3. The molecule has 1 aliphatic carbocycles. The van der Waals surface area contributed by atoms with Gasteiger partial charge in [-0.3, -0.25) is 0 Å². The molecule has 3 nitrogen and oxygen atoms in total. The van der Waals surface area contributed by atoms with Crippen molar-refractivity contribution in [3.8, 4) is 6.07 Å². The maximum Gasteiger partial charge on any atom is 0.0672 e. The molecule has 1 saturated carbocycles. The number of nitrogens with one attached hydrogen (secondary N) is 1. The van der Waals surface area contributed by atoms with Crippen molar-refractivity contribution in [2.75, 3.05) is 19.6 Å². The van der Waals surface area contributed by atoms with Crippen LogP contribution in [0, 0.1) is 23.2 Å². The third-order valence-corrected chi connectivity index (χ3v) is 5.02. The molecule has 0 spiro atoms. The molecule has 17 heavy (non-hydrogen) atoms. The third kappa shape index (κ3) is 2.34. The molecule has 3 unspecified atom stereocenters. The third-order valence-electron chi connectivity index (χ3n) is 5.02. The first-order valence-corrected chi connectivity index (χ1v) is 7.25. The molecule has 3 aliphatic heterocycles. The summed E-state index contributed by atoms with van der Waals surface area (Å²) in [5, 5.41) is 13.0. The molecule has 2 bridgehead atoms. The zero-order chi connectivity index (χ0) is 11.7. The Bertz CT molecular complexity index is 301. The largest absolute Gasteiger partial charge is 0.308 e. The highest BCUT2D eigenvalue weighted by molar-refractivity contribution is 4.99. The van der Waals surface area contributed by atoms with Gasteiger partial charge in [0.2, 0.25) is 0 Å². The lowest BCUT2D eigenvalue weighted by molar-refractivity contribution is 0.0610. The fraction of sp³-hybridized carbons (Fsp3) is 0.929. The minimum Gasteiger partial charge on any atom is -0.308 e. The Labute approximate surface area is 104 Å². The molecule has 3 heterocycles. The average Bonchev–Trinajstić information content (AvgIpc) is 2.41. The number of nitrogens with zero attached hydrogens (tertiary/aromatic N) is 2. The predicted octanol–water partition coefficient (Wildman–Crippen LogP) is 1.75. The molecule has 4 rings (SSSR count). The Morgan fingerprint density at radius 1 is 1.00 bits per heavy atom. The Balaban J connectivity index is 1.60. The van der Waals surface area contributed by atoms with E-state index >= 15 is 0 Å². The van der Waals surface area contributed by atoms with Gasteiger partial charge in [-0.25, -0.2) is 0 Å². The number of hydrogen-bond acceptors (Lipinski definition) is 3. The van der Waals surface area contributed by atoms with E-state index in [0.29, 0.717) is 12.1 Å². The second kappa shape index (κ2) is 4.96. The van der Waals surface area contributed by atoms with Crippen LogP contribution in [0.5, 0.6) is 0 Å². The van der Waals surface area contributed by atoms with E-state index in [2.05, 4.69) is 16.3 Å². The first kappa shape index (κ1) is 11.5. The second-order valence-corrected chi connectivity index (χ2v) is 6.04. The molecule has 94 valence electrons. The lowest BCUT2D eigenvalue weighted by Crippen LogP contribution is -2.59. The van der Waals surface area contributed by atoms with Crippen molar-refractivity contribution < 1.29 is 0 Å². The van der Waals surface area contributed by atoms with E-state index in [9.17, 15) is 5.26 Å². The summed E-state index contributed by atoms with van der Waals surface area (Å²) < 4.78 is 0. The van der Waals surface area contributed by atoms with Crippen molar-refractivity contribution in [3.05, 3.63) is 0 Å². The van der Waals surface area contributed by atoms with Crippen LogP contribution < -0.4 is 5.32 Å². The van der Waals surface area contributed by atoms with Crippen molar-refractivity contribution in [2.24, 2.45) is 11.8 Å². The lowest BCUT2D eigenvalue weighted by atomic mass is 9.80. The Morgan fingerprint density at radius 2 is 1.76 bits per heavy atom. The molecule has 3 atom stereocenters. The van der Waals surface area contributed by atoms with Crippen LogP contribution in [0.4, 0.5) is 0 Å². The molecule has 4 aliphatic rings. The van der Waals surface area contributed by atoms with Gasteiger partial charge in [0.25, 0.3) is 0 Å². The van der Waals surface area contributed by atoms with Gasteiger partial charge in [0, 0.05) is 18.6 Å². The van der Waals surface area contributed by atoms with E-state index < -0.39 is 0 Å². The van der Waals surface area contributed by atoms with Crippen LogP contribution in [0.3, 0.4) is 0 Å². The Kier molecular flexibility index (Phi) is 3.35. The van der Waals surface area contributed by atoms with E-state index in [1.54, 1.807) is 0 Å². The first-order chi connectivity index (χ1) is 8.36. The summed E-state index contributed by atoms with van der Waals surface area (Å²) in [5.41, 5.74) is 0. The molecule has 0 radical (unpaired) electrons. The summed E-state index contributed by atoms with van der Waals surface area (Å²) in [6.45, 7) is 3.82. The van der Waals surface area contributed by atoms with Gasteiger partial charge in [-0.2, -0.15) is 5.26 Å². The zero-order valence-electron chi connectivity index (χ0n) is 10.6. The molecule has 4 fully saturated rings. The van der Waals surface area contributed by atoms with Crippen LogP contribution in [0.2, 0.25) is 0 Å². The minimum atomic E-state index is 0.263. The summed E-state index contributed by atoms with van der Waals surface area (Å²) in [6.07, 6.45) is 7.59. The second-order valence-electron chi connectivity index (χ2n) is 6.04. The number of hydrogen-bond donors (Lipinski definition) is 1. The first-order valence-electron chi connectivity index (χ1n) is 7.25. The van der Waals surface area contributed by atoms with Gasteiger partial charge in [-0.15, -0.1) is 0 Å². The Morgan fingerprint density at radius 3 is 2.41 bits per heavy atom. The summed E-state index contributed by atoms with van der Waals surface area (Å²) in [5.74, 6) is 1.14. The molecule has 0 aromatic heterocycles. The monoisotopic (exact) mass is 233 g/mol. The fourth-order valence-electron chi connectivity index (χ4n) is 3.91. The van der Waals surface area contributed by atoms with E-state index in [-0.39, 0.29) is 5.92 Å². The topological polar surface area (TPSA) is 39.1 Å². The SMILES string of the molecule is N#CC1CCCCC1NC1CN2CCC1CC2. The zero-order valence-corrected chi connectivity index (χ0v) is 10.6. The van der Waals surface area contributed by atoms with Crippen LogP contribution in [0.1, 0.15) is 38.5 Å². The standard InChI is InChI=1S/C14H23N3/c15-9-12-3-1-2-4-13(12)16-14-10-17-7-5-11(14)6-8-17/h11-14,16H,1-8,10H2. The molecule has 0 aromatic carbocycles. The summed E-state index contributed by atoms with van der Waals surface area (Å²) >= 11 is 0. The van der Waals surface area contributed by atoms with E-state index in [1.807, 2.05) is 0 Å². The summed E-state index contributed by atoms with van der Waals surface area (Å²) in [4.78, 5) is 2.59. The highest BCUT2D eigenvalue weighted by Crippen LogP contribution is 2.30. The number of nitriles is 1. The molecule has 3 saturated heterocycles. The summed E-state index contributed by atoms with van der Waals surface area (Å²) in [6, 6.07) is 3.65. The van der Waals surface area contributed by atoms with Crippen molar-refractivity contribution in [1.82, 2.24) is 10.2 Å². The molecule has 0 amide bonds. The van der Waals surface area contributed by atoms with Gasteiger partial charge in [0.1, 0.15) is 0 Å². The minimum absolute atomic E-state index is 0.263. The number of piperidine rings is 3. The van der Waals surface area contributed by atoms with Crippen LogP contribution >= 0.6 is 0 Å². The van der Waals surface area contributed by atoms with Crippen molar-refractivity contribution in [2.45, 2.75) is 50.6 Å². The normalized spacial score (nSPS) is 45.5. The van der Waals surface area contributed by atoms with Crippen molar-refractivity contribution >= 4 is 0 Å². The van der Waals surface area contributed by atoms with Gasteiger partial charge in [-0.1, -0.05) is 12.8 Å². The fourth-order valence-corrected chi connectivity index (χ4v) is 3.91. The van der Waals surface area contributed by atoms with Crippen molar-refractivity contribution in [3.63, 3.8) is 0 Å². The maximum absolute atomic E-state index is 9.22. The highest BCUT2D eigenvalue weighted by Gasteiger charge is 2.36. The Hall–Kier alpha value is -0.590. The van der Waals surface area contributed by atoms with Crippen LogP contribution in [-0.2, 0) is 0 Å².